The first kappa shape index (κ1) is 15.2. The van der Waals surface area contributed by atoms with Gasteiger partial charge < -0.3 is 5.32 Å². The van der Waals surface area contributed by atoms with Gasteiger partial charge in [-0.15, -0.1) is 0 Å². The summed E-state index contributed by atoms with van der Waals surface area (Å²) in [4.78, 5) is 20.1. The van der Waals surface area contributed by atoms with Crippen molar-refractivity contribution < 1.29 is 4.92 Å². The zero-order chi connectivity index (χ0) is 17.2. The number of nitrogens with one attached hydrogen (secondary N) is 1. The molecule has 3 aromatic heterocycles. The number of fused-ring (bicyclic) bond motifs is 1. The highest BCUT2D eigenvalue weighted by molar-refractivity contribution is 7.21. The van der Waals surface area contributed by atoms with Gasteiger partial charge in [0.2, 0.25) is 0 Å². The fourth-order valence-corrected chi connectivity index (χ4v) is 3.24. The molecule has 1 aromatic carbocycles. The molecule has 0 aliphatic carbocycles. The Hall–Kier alpha value is -3.33. The van der Waals surface area contributed by atoms with Crippen molar-refractivity contribution in [3.8, 4) is 5.95 Å². The van der Waals surface area contributed by atoms with Gasteiger partial charge in [-0.25, -0.2) is 4.68 Å². The van der Waals surface area contributed by atoms with Crippen LogP contribution in [0.3, 0.4) is 0 Å². The van der Waals surface area contributed by atoms with Gasteiger partial charge in [0.15, 0.2) is 0 Å². The number of rotatable bonds is 5. The summed E-state index contributed by atoms with van der Waals surface area (Å²) in [6, 6.07) is 13.1. The van der Waals surface area contributed by atoms with Crippen molar-refractivity contribution in [2.24, 2.45) is 0 Å². The van der Waals surface area contributed by atoms with E-state index in [4.69, 9.17) is 0 Å². The normalized spacial score (nSPS) is 10.9. The highest BCUT2D eigenvalue weighted by Crippen LogP contribution is 2.34. The van der Waals surface area contributed by atoms with Crippen molar-refractivity contribution in [1.82, 2.24) is 19.7 Å². The van der Waals surface area contributed by atoms with E-state index in [0.717, 1.165) is 16.9 Å². The second-order valence-corrected chi connectivity index (χ2v) is 6.23. The van der Waals surface area contributed by atoms with E-state index in [-0.39, 0.29) is 5.00 Å². The molecule has 0 fully saturated rings. The fraction of sp³-hybridized carbons (Fsp3) is 0.0625. The predicted octanol–water partition coefficient (Wildman–Crippen LogP) is 3.40. The highest BCUT2D eigenvalue weighted by atomic mass is 32.1. The van der Waals surface area contributed by atoms with Crippen LogP contribution in [0.1, 0.15) is 5.56 Å². The Morgan fingerprint density at radius 2 is 2.04 bits per heavy atom. The van der Waals surface area contributed by atoms with Gasteiger partial charge in [-0.05, 0) is 23.0 Å². The molecule has 8 nitrogen and oxygen atoms in total. The Bertz CT molecular complexity index is 1030. The number of aromatic nitrogens is 4. The quantitative estimate of drug-likeness (QED) is 0.436. The first-order valence-electron chi connectivity index (χ1n) is 7.44. The van der Waals surface area contributed by atoms with Gasteiger partial charge >= 0.3 is 5.00 Å². The summed E-state index contributed by atoms with van der Waals surface area (Å²) in [5.74, 6) is 0.911. The maximum atomic E-state index is 11.1. The van der Waals surface area contributed by atoms with Gasteiger partial charge in [0.05, 0.1) is 10.3 Å². The molecule has 0 radical (unpaired) electrons. The number of nitro groups is 1. The molecule has 4 aromatic rings. The van der Waals surface area contributed by atoms with E-state index < -0.39 is 4.92 Å². The molecule has 0 saturated heterocycles. The third kappa shape index (κ3) is 3.04. The van der Waals surface area contributed by atoms with Crippen LogP contribution in [0.5, 0.6) is 0 Å². The fourth-order valence-electron chi connectivity index (χ4n) is 2.39. The molecule has 0 unspecified atom stereocenters. The molecule has 0 aliphatic heterocycles. The van der Waals surface area contributed by atoms with Crippen molar-refractivity contribution >= 4 is 32.4 Å². The number of hydrogen-bond donors (Lipinski definition) is 1. The molecule has 0 aliphatic rings. The van der Waals surface area contributed by atoms with Gasteiger partial charge in [-0.1, -0.05) is 30.3 Å². The Morgan fingerprint density at radius 3 is 2.76 bits per heavy atom. The van der Waals surface area contributed by atoms with Crippen LogP contribution in [0, 0.1) is 10.1 Å². The molecule has 25 heavy (non-hydrogen) atoms. The lowest BCUT2D eigenvalue weighted by Gasteiger charge is -2.08. The lowest BCUT2D eigenvalue weighted by atomic mass is 10.2. The Morgan fingerprint density at radius 1 is 1.20 bits per heavy atom. The Balaban J connectivity index is 1.77. The largest absolute Gasteiger partial charge is 0.365 e. The smallest absolute Gasteiger partial charge is 0.326 e. The van der Waals surface area contributed by atoms with Gasteiger partial charge in [0.1, 0.15) is 10.6 Å². The molecular weight excluding hydrogens is 340 g/mol. The van der Waals surface area contributed by atoms with Crippen LogP contribution in [-0.2, 0) is 6.54 Å². The molecule has 9 heteroatoms. The van der Waals surface area contributed by atoms with Crippen LogP contribution in [0.15, 0.2) is 54.9 Å². The van der Waals surface area contributed by atoms with Gasteiger partial charge in [0.25, 0.3) is 5.95 Å². The maximum Gasteiger partial charge on any atom is 0.326 e. The number of thiophene rings is 1. The minimum absolute atomic E-state index is 0.0321. The van der Waals surface area contributed by atoms with Crippen molar-refractivity contribution in [3.05, 3.63) is 70.5 Å². The van der Waals surface area contributed by atoms with Crippen molar-refractivity contribution in [1.29, 1.82) is 0 Å². The molecule has 124 valence electrons. The first-order valence-corrected chi connectivity index (χ1v) is 8.26. The standard InChI is InChI=1S/C16H12N6O2S/c23-22(24)13-9-12-14(17-10-11-5-2-1-3-6-11)19-16(20-15(12)25-13)21-8-4-7-18-21/h1-9H,10H2,(H,17,19,20). The number of benzene rings is 1. The molecule has 1 N–H and O–H groups in total. The Labute approximate surface area is 145 Å². The predicted molar refractivity (Wildman–Crippen MR) is 95.0 cm³/mol. The third-order valence-corrected chi connectivity index (χ3v) is 4.54. The van der Waals surface area contributed by atoms with E-state index in [2.05, 4.69) is 20.4 Å². The third-order valence-electron chi connectivity index (χ3n) is 3.56. The molecule has 0 spiro atoms. The van der Waals surface area contributed by atoms with Crippen LogP contribution >= 0.6 is 11.3 Å². The molecule has 0 atom stereocenters. The highest BCUT2D eigenvalue weighted by Gasteiger charge is 2.18. The summed E-state index contributed by atoms with van der Waals surface area (Å²) >= 11 is 1.02. The summed E-state index contributed by atoms with van der Waals surface area (Å²) in [5, 5.41) is 19.1. The van der Waals surface area contributed by atoms with E-state index in [1.807, 2.05) is 30.3 Å². The van der Waals surface area contributed by atoms with Crippen molar-refractivity contribution in [2.45, 2.75) is 6.54 Å². The van der Waals surface area contributed by atoms with E-state index in [1.165, 1.54) is 10.7 Å². The van der Waals surface area contributed by atoms with Gasteiger partial charge in [-0.2, -0.15) is 15.1 Å². The lowest BCUT2D eigenvalue weighted by molar-refractivity contribution is -0.380. The van der Waals surface area contributed by atoms with E-state index in [9.17, 15) is 10.1 Å². The van der Waals surface area contributed by atoms with E-state index in [0.29, 0.717) is 28.5 Å². The summed E-state index contributed by atoms with van der Waals surface area (Å²) in [7, 11) is 0. The average molecular weight is 352 g/mol. The SMILES string of the molecule is O=[N+]([O-])c1cc2c(NCc3ccccc3)nc(-n3cccn3)nc2s1. The molecular formula is C16H12N6O2S. The van der Waals surface area contributed by atoms with Crippen molar-refractivity contribution in [3.63, 3.8) is 0 Å². The summed E-state index contributed by atoms with van der Waals surface area (Å²) in [5.41, 5.74) is 1.08. The average Bonchev–Trinajstić information content (AvgIpc) is 3.29. The molecule has 3 heterocycles. The van der Waals surface area contributed by atoms with Crippen LogP contribution in [-0.4, -0.2) is 24.7 Å². The number of nitrogens with zero attached hydrogens (tertiary/aromatic N) is 5. The minimum atomic E-state index is -0.416. The van der Waals surface area contributed by atoms with Crippen LogP contribution < -0.4 is 5.32 Å². The van der Waals surface area contributed by atoms with Gasteiger partial charge in [0, 0.05) is 25.0 Å². The minimum Gasteiger partial charge on any atom is -0.365 e. The van der Waals surface area contributed by atoms with Crippen LogP contribution in [0.25, 0.3) is 16.2 Å². The van der Waals surface area contributed by atoms with Crippen molar-refractivity contribution in [2.75, 3.05) is 5.32 Å². The number of hydrogen-bond acceptors (Lipinski definition) is 7. The molecule has 0 bridgehead atoms. The first-order chi connectivity index (χ1) is 12.2. The summed E-state index contributed by atoms with van der Waals surface area (Å²) in [6.45, 7) is 0.551. The zero-order valence-corrected chi connectivity index (χ0v) is 13.7. The zero-order valence-electron chi connectivity index (χ0n) is 12.9. The maximum absolute atomic E-state index is 11.1. The molecule has 4 rings (SSSR count). The van der Waals surface area contributed by atoms with Gasteiger partial charge in [-0.3, -0.25) is 10.1 Å². The number of anilines is 1. The van der Waals surface area contributed by atoms with Crippen LogP contribution in [0.2, 0.25) is 0 Å². The van der Waals surface area contributed by atoms with Crippen LogP contribution in [0.4, 0.5) is 10.8 Å². The second kappa shape index (κ2) is 6.29. The summed E-state index contributed by atoms with van der Waals surface area (Å²) in [6.07, 6.45) is 3.35. The molecule has 0 saturated carbocycles. The topological polar surface area (TPSA) is 98.8 Å². The Kier molecular flexibility index (Phi) is 3.82. The van der Waals surface area contributed by atoms with E-state index in [1.54, 1.807) is 18.5 Å². The summed E-state index contributed by atoms with van der Waals surface area (Å²) < 4.78 is 1.53. The lowest BCUT2D eigenvalue weighted by Crippen LogP contribution is -2.07. The monoisotopic (exact) mass is 352 g/mol. The van der Waals surface area contributed by atoms with E-state index >= 15 is 0 Å². The second-order valence-electron chi connectivity index (χ2n) is 5.22. The molecule has 0 amide bonds.